The second-order valence-electron chi connectivity index (χ2n) is 5.33. The highest BCUT2D eigenvalue weighted by Crippen LogP contribution is 2.25. The number of carbonyl (C=O) groups excluding carboxylic acids is 1. The zero-order chi connectivity index (χ0) is 16.2. The average molecular weight is 317 g/mol. The fourth-order valence-corrected chi connectivity index (χ4v) is 2.61. The molecule has 1 aromatic heterocycles. The summed E-state index contributed by atoms with van der Waals surface area (Å²) < 4.78 is 16.5. The first-order valence-corrected chi connectivity index (χ1v) is 7.47. The largest absolute Gasteiger partial charge is 0.423 e. The standard InChI is InChI=1S/C16H19N3O4/c1-11-17-18-15(23-11)13-10-19(8-9-22-13)16(20)14(21-2)12-6-4-3-5-7-12/h3-7,13-14H,8-10H2,1-2H3/t13-,14+/m0/s1. The zero-order valence-electron chi connectivity index (χ0n) is 13.1. The summed E-state index contributed by atoms with van der Waals surface area (Å²) in [6.07, 6.45) is -1.03. The molecule has 2 aromatic rings. The van der Waals surface area contributed by atoms with Crippen molar-refractivity contribution in [3.05, 3.63) is 47.7 Å². The first-order chi connectivity index (χ1) is 11.2. The summed E-state index contributed by atoms with van der Waals surface area (Å²) in [5.41, 5.74) is 0.830. The van der Waals surface area contributed by atoms with Crippen LogP contribution in [0, 0.1) is 6.92 Å². The van der Waals surface area contributed by atoms with Gasteiger partial charge in [0.05, 0.1) is 13.2 Å². The van der Waals surface area contributed by atoms with Gasteiger partial charge in [0.25, 0.3) is 5.91 Å². The molecule has 3 rings (SSSR count). The fraction of sp³-hybridized carbons (Fsp3) is 0.438. The van der Waals surface area contributed by atoms with Crippen LogP contribution < -0.4 is 0 Å². The van der Waals surface area contributed by atoms with Gasteiger partial charge >= 0.3 is 0 Å². The van der Waals surface area contributed by atoms with Gasteiger partial charge in [-0.25, -0.2) is 0 Å². The molecule has 1 aliphatic heterocycles. The number of hydrogen-bond acceptors (Lipinski definition) is 6. The van der Waals surface area contributed by atoms with Gasteiger partial charge in [0, 0.05) is 20.6 Å². The Balaban J connectivity index is 1.73. The molecule has 1 amide bonds. The minimum Gasteiger partial charge on any atom is -0.423 e. The lowest BCUT2D eigenvalue weighted by Crippen LogP contribution is -2.44. The molecule has 1 aromatic carbocycles. The van der Waals surface area contributed by atoms with E-state index in [1.807, 2.05) is 30.3 Å². The molecule has 0 N–H and O–H groups in total. The summed E-state index contributed by atoms with van der Waals surface area (Å²) in [7, 11) is 1.54. The number of aryl methyl sites for hydroxylation is 1. The van der Waals surface area contributed by atoms with Gasteiger partial charge in [-0.15, -0.1) is 10.2 Å². The van der Waals surface area contributed by atoms with E-state index in [4.69, 9.17) is 13.9 Å². The van der Waals surface area contributed by atoms with Gasteiger partial charge in [-0.2, -0.15) is 0 Å². The van der Waals surface area contributed by atoms with E-state index in [9.17, 15) is 4.79 Å². The van der Waals surface area contributed by atoms with Gasteiger partial charge in [-0.1, -0.05) is 30.3 Å². The summed E-state index contributed by atoms with van der Waals surface area (Å²) in [6, 6.07) is 9.44. The van der Waals surface area contributed by atoms with Gasteiger partial charge in [0.2, 0.25) is 11.8 Å². The number of carbonyl (C=O) groups is 1. The van der Waals surface area contributed by atoms with Crippen LogP contribution in [0.5, 0.6) is 0 Å². The monoisotopic (exact) mass is 317 g/mol. The maximum atomic E-state index is 12.8. The van der Waals surface area contributed by atoms with Crippen molar-refractivity contribution in [3.63, 3.8) is 0 Å². The molecule has 0 unspecified atom stereocenters. The van der Waals surface area contributed by atoms with Crippen LogP contribution in [0.1, 0.15) is 29.6 Å². The Kier molecular flexibility index (Phi) is 4.68. The number of benzene rings is 1. The van der Waals surface area contributed by atoms with E-state index in [1.54, 1.807) is 11.8 Å². The Morgan fingerprint density at radius 3 is 2.78 bits per heavy atom. The highest BCUT2D eigenvalue weighted by molar-refractivity contribution is 5.82. The number of ether oxygens (including phenoxy) is 2. The molecule has 2 heterocycles. The minimum atomic E-state index is -0.626. The normalized spacial score (nSPS) is 19.6. The van der Waals surface area contributed by atoms with E-state index >= 15 is 0 Å². The molecular weight excluding hydrogens is 298 g/mol. The lowest BCUT2D eigenvalue weighted by Gasteiger charge is -2.33. The van der Waals surface area contributed by atoms with Crippen LogP contribution in [0.15, 0.2) is 34.7 Å². The van der Waals surface area contributed by atoms with Gasteiger partial charge in [-0.05, 0) is 5.56 Å². The lowest BCUT2D eigenvalue weighted by molar-refractivity contribution is -0.150. The number of nitrogens with zero attached hydrogens (tertiary/aromatic N) is 3. The topological polar surface area (TPSA) is 77.7 Å². The maximum absolute atomic E-state index is 12.8. The molecule has 7 heteroatoms. The van der Waals surface area contributed by atoms with Gasteiger partial charge < -0.3 is 18.8 Å². The Bertz CT molecular complexity index is 658. The van der Waals surface area contributed by atoms with Crippen LogP contribution in [0.3, 0.4) is 0 Å². The molecule has 0 bridgehead atoms. The van der Waals surface area contributed by atoms with Crippen LogP contribution >= 0.6 is 0 Å². The van der Waals surface area contributed by atoms with Gasteiger partial charge in [0.15, 0.2) is 12.2 Å². The summed E-state index contributed by atoms with van der Waals surface area (Å²) in [6.45, 7) is 3.02. The van der Waals surface area contributed by atoms with Crippen LogP contribution in [-0.4, -0.2) is 47.8 Å². The number of methoxy groups -OCH3 is 1. The molecule has 0 saturated carbocycles. The van der Waals surface area contributed by atoms with Crippen LogP contribution in [-0.2, 0) is 14.3 Å². The lowest BCUT2D eigenvalue weighted by atomic mass is 10.1. The van der Waals surface area contributed by atoms with Crippen LogP contribution in [0.25, 0.3) is 0 Å². The molecule has 1 saturated heterocycles. The van der Waals surface area contributed by atoms with Crippen molar-refractivity contribution in [2.24, 2.45) is 0 Å². The summed E-state index contributed by atoms with van der Waals surface area (Å²) in [5, 5.41) is 7.78. The van der Waals surface area contributed by atoms with Crippen LogP contribution in [0.4, 0.5) is 0 Å². The first kappa shape index (κ1) is 15.6. The molecule has 1 fully saturated rings. The van der Waals surface area contributed by atoms with Crippen molar-refractivity contribution in [1.82, 2.24) is 15.1 Å². The van der Waals surface area contributed by atoms with Gasteiger partial charge in [-0.3, -0.25) is 4.79 Å². The Labute approximate surface area is 134 Å². The number of aromatic nitrogens is 2. The smallest absolute Gasteiger partial charge is 0.256 e. The van der Waals surface area contributed by atoms with E-state index < -0.39 is 12.2 Å². The molecule has 0 radical (unpaired) electrons. The first-order valence-electron chi connectivity index (χ1n) is 7.47. The maximum Gasteiger partial charge on any atom is 0.256 e. The third-order valence-corrected chi connectivity index (χ3v) is 3.76. The molecule has 2 atom stereocenters. The van der Waals surface area contributed by atoms with Gasteiger partial charge in [0.1, 0.15) is 0 Å². The highest BCUT2D eigenvalue weighted by Gasteiger charge is 2.33. The summed E-state index contributed by atoms with van der Waals surface area (Å²) >= 11 is 0. The zero-order valence-corrected chi connectivity index (χ0v) is 13.1. The van der Waals surface area contributed by atoms with E-state index in [-0.39, 0.29) is 5.91 Å². The predicted octanol–water partition coefficient (Wildman–Crippen LogP) is 1.67. The molecule has 7 nitrogen and oxygen atoms in total. The van der Waals surface area contributed by atoms with E-state index in [2.05, 4.69) is 10.2 Å². The number of morpholine rings is 1. The van der Waals surface area contributed by atoms with E-state index in [0.29, 0.717) is 31.5 Å². The molecule has 1 aliphatic rings. The van der Waals surface area contributed by atoms with Crippen LogP contribution in [0.2, 0.25) is 0 Å². The molecule has 0 spiro atoms. The third kappa shape index (κ3) is 3.40. The number of amides is 1. The SMILES string of the molecule is CO[C@@H](C(=O)N1CCO[C@H](c2nnc(C)o2)C1)c1ccccc1. The second kappa shape index (κ2) is 6.89. The Morgan fingerprint density at radius 1 is 1.35 bits per heavy atom. The summed E-state index contributed by atoms with van der Waals surface area (Å²) in [4.78, 5) is 14.5. The summed E-state index contributed by atoms with van der Waals surface area (Å²) in [5.74, 6) is 0.781. The predicted molar refractivity (Wildman–Crippen MR) is 80.5 cm³/mol. The average Bonchev–Trinajstić information content (AvgIpc) is 3.03. The van der Waals surface area contributed by atoms with E-state index in [0.717, 1.165) is 5.56 Å². The van der Waals surface area contributed by atoms with Crippen molar-refractivity contribution < 1.29 is 18.7 Å². The Hall–Kier alpha value is -2.25. The number of rotatable bonds is 4. The van der Waals surface area contributed by atoms with Crippen molar-refractivity contribution in [3.8, 4) is 0 Å². The molecule has 122 valence electrons. The molecule has 23 heavy (non-hydrogen) atoms. The quantitative estimate of drug-likeness (QED) is 0.853. The molecular formula is C16H19N3O4. The third-order valence-electron chi connectivity index (χ3n) is 3.76. The molecule has 0 aliphatic carbocycles. The van der Waals surface area contributed by atoms with E-state index in [1.165, 1.54) is 7.11 Å². The van der Waals surface area contributed by atoms with Crippen molar-refractivity contribution in [1.29, 1.82) is 0 Å². The van der Waals surface area contributed by atoms with Crippen molar-refractivity contribution in [2.75, 3.05) is 26.8 Å². The highest BCUT2D eigenvalue weighted by atomic mass is 16.5. The van der Waals surface area contributed by atoms with Crippen molar-refractivity contribution in [2.45, 2.75) is 19.1 Å². The number of hydrogen-bond donors (Lipinski definition) is 0. The minimum absolute atomic E-state index is 0.0942. The second-order valence-corrected chi connectivity index (χ2v) is 5.33. The fourth-order valence-electron chi connectivity index (χ4n) is 2.61. The van der Waals surface area contributed by atoms with Crippen molar-refractivity contribution >= 4 is 5.91 Å². The Morgan fingerprint density at radius 2 is 2.13 bits per heavy atom.